The van der Waals surface area contributed by atoms with Gasteiger partial charge in [-0.25, -0.2) is 13.4 Å². The highest BCUT2D eigenvalue weighted by molar-refractivity contribution is 7.92. The van der Waals surface area contributed by atoms with Gasteiger partial charge in [-0.15, -0.1) is 0 Å². The Kier molecular flexibility index (Phi) is 7.15. The topological polar surface area (TPSA) is 127 Å². The molecule has 0 bridgehead atoms. The van der Waals surface area contributed by atoms with Gasteiger partial charge in [-0.1, -0.05) is 12.1 Å². The number of aromatic hydroxyl groups is 1. The monoisotopic (exact) mass is 497 g/mol. The molecule has 0 atom stereocenters. The molecule has 3 N–H and O–H groups in total. The average Bonchev–Trinajstić information content (AvgIpc) is 2.79. The lowest BCUT2D eigenvalue weighted by Crippen LogP contribution is -2.20. The normalized spacial score (nSPS) is 11.5. The van der Waals surface area contributed by atoms with E-state index in [1.54, 1.807) is 18.2 Å². The number of nitrogens with one attached hydrogen (secondary N) is 2. The predicted octanol–water partition coefficient (Wildman–Crippen LogP) is 3.79. The minimum Gasteiger partial charge on any atom is -0.506 e. The van der Waals surface area contributed by atoms with Crippen molar-refractivity contribution in [1.82, 2.24) is 4.98 Å². The standard InChI is InChI=1S/C21H18F3N3O6S/c1-32-18-5-3-2-4-15(18)27-34(30,31)14-7-8-17(28)16(10-14)26-20(29)13-6-9-19(25-11-13)33-12-21(22,23)24/h2-11,27-28H,12H2,1H3,(H,26,29). The van der Waals surface area contributed by atoms with E-state index in [9.17, 15) is 31.5 Å². The van der Waals surface area contributed by atoms with Crippen molar-refractivity contribution >= 4 is 27.3 Å². The molecule has 0 saturated heterocycles. The van der Waals surface area contributed by atoms with Crippen molar-refractivity contribution in [2.75, 3.05) is 23.8 Å². The number of benzene rings is 2. The zero-order valence-corrected chi connectivity index (χ0v) is 18.3. The Bertz CT molecular complexity index is 1280. The first-order valence-electron chi connectivity index (χ1n) is 9.44. The second-order valence-electron chi connectivity index (χ2n) is 6.73. The van der Waals surface area contributed by atoms with Crippen molar-refractivity contribution in [2.45, 2.75) is 11.1 Å². The van der Waals surface area contributed by atoms with Crippen LogP contribution < -0.4 is 19.5 Å². The molecule has 1 aromatic heterocycles. The highest BCUT2D eigenvalue weighted by Crippen LogP contribution is 2.30. The SMILES string of the molecule is COc1ccccc1NS(=O)(=O)c1ccc(O)c(NC(=O)c2ccc(OCC(F)(F)F)nc2)c1. The van der Waals surface area contributed by atoms with Crippen molar-refractivity contribution in [1.29, 1.82) is 0 Å². The van der Waals surface area contributed by atoms with Crippen LogP contribution in [0.2, 0.25) is 0 Å². The highest BCUT2D eigenvalue weighted by Gasteiger charge is 2.28. The number of phenols is 1. The molecule has 13 heteroatoms. The fourth-order valence-electron chi connectivity index (χ4n) is 2.67. The molecule has 34 heavy (non-hydrogen) atoms. The van der Waals surface area contributed by atoms with E-state index in [2.05, 4.69) is 19.8 Å². The zero-order valence-electron chi connectivity index (χ0n) is 17.5. The average molecular weight is 497 g/mol. The maximum absolute atomic E-state index is 12.8. The number of carbonyl (C=O) groups excluding carboxylic acids is 1. The molecular weight excluding hydrogens is 479 g/mol. The van der Waals surface area contributed by atoms with Crippen LogP contribution >= 0.6 is 0 Å². The first-order valence-corrected chi connectivity index (χ1v) is 10.9. The van der Waals surface area contributed by atoms with E-state index in [0.29, 0.717) is 0 Å². The van der Waals surface area contributed by atoms with E-state index in [1.807, 2.05) is 0 Å². The fraction of sp³-hybridized carbons (Fsp3) is 0.143. The molecule has 0 radical (unpaired) electrons. The predicted molar refractivity (Wildman–Crippen MR) is 116 cm³/mol. The van der Waals surface area contributed by atoms with E-state index < -0.39 is 34.5 Å². The summed E-state index contributed by atoms with van der Waals surface area (Å²) in [6, 6.07) is 11.8. The third-order valence-electron chi connectivity index (χ3n) is 4.26. The van der Waals surface area contributed by atoms with Gasteiger partial charge < -0.3 is 19.9 Å². The van der Waals surface area contributed by atoms with E-state index in [-0.39, 0.29) is 33.5 Å². The first kappa shape index (κ1) is 24.6. The van der Waals surface area contributed by atoms with Crippen LogP contribution in [-0.4, -0.2) is 44.3 Å². The number of halogens is 3. The second kappa shape index (κ2) is 9.87. The lowest BCUT2D eigenvalue weighted by atomic mass is 10.2. The van der Waals surface area contributed by atoms with Gasteiger partial charge in [-0.3, -0.25) is 9.52 Å². The van der Waals surface area contributed by atoms with E-state index in [4.69, 9.17) is 4.74 Å². The Hall–Kier alpha value is -4.00. The molecule has 0 saturated carbocycles. The number of para-hydroxylation sites is 2. The molecule has 0 aliphatic rings. The van der Waals surface area contributed by atoms with Crippen molar-refractivity contribution in [3.8, 4) is 17.4 Å². The largest absolute Gasteiger partial charge is 0.506 e. The lowest BCUT2D eigenvalue weighted by Gasteiger charge is -2.13. The zero-order chi connectivity index (χ0) is 24.9. The van der Waals surface area contributed by atoms with E-state index >= 15 is 0 Å². The van der Waals surface area contributed by atoms with Gasteiger partial charge in [0.2, 0.25) is 5.88 Å². The van der Waals surface area contributed by atoms with Gasteiger partial charge in [0.1, 0.15) is 11.5 Å². The molecule has 0 spiro atoms. The smallest absolute Gasteiger partial charge is 0.422 e. The number of sulfonamides is 1. The van der Waals surface area contributed by atoms with Crippen molar-refractivity contribution in [3.05, 3.63) is 66.4 Å². The van der Waals surface area contributed by atoms with E-state index in [1.165, 1.54) is 13.2 Å². The number of nitrogens with zero attached hydrogens (tertiary/aromatic N) is 1. The molecule has 3 aromatic rings. The number of rotatable bonds is 8. The molecular formula is C21H18F3N3O6S. The van der Waals surface area contributed by atoms with Crippen LogP contribution in [0.1, 0.15) is 10.4 Å². The minimum absolute atomic E-state index is 0.0702. The summed E-state index contributed by atoms with van der Waals surface area (Å²) in [5.74, 6) is -1.26. The Morgan fingerprint density at radius 3 is 2.47 bits per heavy atom. The van der Waals surface area contributed by atoms with Crippen LogP contribution in [-0.2, 0) is 10.0 Å². The number of anilines is 2. The van der Waals surface area contributed by atoms with Gasteiger partial charge in [-0.05, 0) is 36.4 Å². The van der Waals surface area contributed by atoms with Crippen molar-refractivity contribution in [2.24, 2.45) is 0 Å². The maximum Gasteiger partial charge on any atom is 0.422 e. The molecule has 9 nitrogen and oxygen atoms in total. The van der Waals surface area contributed by atoms with Crippen LogP contribution in [0, 0.1) is 0 Å². The number of hydrogen-bond acceptors (Lipinski definition) is 7. The second-order valence-corrected chi connectivity index (χ2v) is 8.41. The van der Waals surface area contributed by atoms with Gasteiger partial charge in [-0.2, -0.15) is 13.2 Å². The van der Waals surface area contributed by atoms with Crippen LogP contribution in [0.5, 0.6) is 17.4 Å². The summed E-state index contributed by atoms with van der Waals surface area (Å²) in [5.41, 5.74) is -0.105. The minimum atomic E-state index is -4.54. The fourth-order valence-corrected chi connectivity index (χ4v) is 3.76. The quantitative estimate of drug-likeness (QED) is 0.404. The molecule has 1 heterocycles. The Balaban J connectivity index is 1.76. The number of ether oxygens (including phenoxy) is 2. The number of methoxy groups -OCH3 is 1. The number of amides is 1. The first-order chi connectivity index (χ1) is 16.0. The summed E-state index contributed by atoms with van der Waals surface area (Å²) in [7, 11) is -2.74. The summed E-state index contributed by atoms with van der Waals surface area (Å²) in [4.78, 5) is 15.8. The molecule has 0 aliphatic carbocycles. The number of alkyl halides is 3. The van der Waals surface area contributed by atoms with Crippen LogP contribution in [0.25, 0.3) is 0 Å². The maximum atomic E-state index is 12.8. The van der Waals surface area contributed by atoms with Gasteiger partial charge >= 0.3 is 6.18 Å². The van der Waals surface area contributed by atoms with E-state index in [0.717, 1.165) is 36.5 Å². The van der Waals surface area contributed by atoms with Gasteiger partial charge in [0.05, 0.1) is 28.9 Å². The Morgan fingerprint density at radius 2 is 1.82 bits per heavy atom. The summed E-state index contributed by atoms with van der Waals surface area (Å²) >= 11 is 0. The molecule has 2 aromatic carbocycles. The molecule has 1 amide bonds. The van der Waals surface area contributed by atoms with Gasteiger partial charge in [0.25, 0.3) is 15.9 Å². The molecule has 3 rings (SSSR count). The Morgan fingerprint density at radius 1 is 1.09 bits per heavy atom. The molecule has 0 fully saturated rings. The number of carbonyl (C=O) groups is 1. The number of aromatic nitrogens is 1. The molecule has 180 valence electrons. The molecule has 0 unspecified atom stereocenters. The highest BCUT2D eigenvalue weighted by atomic mass is 32.2. The third kappa shape index (κ3) is 6.28. The third-order valence-corrected chi connectivity index (χ3v) is 5.62. The summed E-state index contributed by atoms with van der Waals surface area (Å²) < 4.78 is 74.2. The lowest BCUT2D eigenvalue weighted by molar-refractivity contribution is -0.154. The van der Waals surface area contributed by atoms with Crippen LogP contribution in [0.3, 0.4) is 0 Å². The summed E-state index contributed by atoms with van der Waals surface area (Å²) in [6.07, 6.45) is -3.57. The molecule has 0 aliphatic heterocycles. The van der Waals surface area contributed by atoms with Crippen LogP contribution in [0.15, 0.2) is 65.7 Å². The number of hydrogen-bond donors (Lipinski definition) is 3. The van der Waals surface area contributed by atoms with Crippen molar-refractivity contribution < 1.29 is 41.0 Å². The Labute approximate surface area is 192 Å². The van der Waals surface area contributed by atoms with Crippen molar-refractivity contribution in [3.63, 3.8) is 0 Å². The number of phenolic OH excluding ortho intramolecular Hbond substituents is 1. The summed E-state index contributed by atoms with van der Waals surface area (Å²) in [5, 5.41) is 12.4. The van der Waals surface area contributed by atoms with Gasteiger partial charge in [0, 0.05) is 12.3 Å². The van der Waals surface area contributed by atoms with Crippen LogP contribution in [0.4, 0.5) is 24.5 Å². The number of pyridine rings is 1. The van der Waals surface area contributed by atoms with Gasteiger partial charge in [0.15, 0.2) is 6.61 Å². The summed E-state index contributed by atoms with van der Waals surface area (Å²) in [6.45, 7) is -1.54.